The standard InChI is InChI=1S/C13H11ClN4O/c1-8(9-5-3-2-4-6-9)19-12-10-11(16-7-15-10)17-13(14)18-12/h2-8H,1H3,(H,15,16,17,18). The van der Waals surface area contributed by atoms with Gasteiger partial charge in [0, 0.05) is 0 Å². The molecule has 2 heterocycles. The summed E-state index contributed by atoms with van der Waals surface area (Å²) in [6.07, 6.45) is 1.40. The Balaban J connectivity index is 1.95. The van der Waals surface area contributed by atoms with Crippen molar-refractivity contribution >= 4 is 22.8 Å². The minimum atomic E-state index is -0.140. The molecule has 3 rings (SSSR count). The van der Waals surface area contributed by atoms with Crippen molar-refractivity contribution in [1.29, 1.82) is 0 Å². The first-order chi connectivity index (χ1) is 9.24. The molecule has 0 aliphatic heterocycles. The molecule has 0 saturated carbocycles. The lowest BCUT2D eigenvalue weighted by atomic mass is 10.1. The number of H-pyrrole nitrogens is 1. The second kappa shape index (κ2) is 4.85. The maximum Gasteiger partial charge on any atom is 0.245 e. The van der Waals surface area contributed by atoms with E-state index in [1.54, 1.807) is 0 Å². The van der Waals surface area contributed by atoms with Crippen molar-refractivity contribution in [1.82, 2.24) is 19.9 Å². The van der Waals surface area contributed by atoms with Crippen LogP contribution in [-0.4, -0.2) is 19.9 Å². The van der Waals surface area contributed by atoms with Crippen molar-refractivity contribution < 1.29 is 4.74 Å². The van der Waals surface area contributed by atoms with Crippen LogP contribution in [0.5, 0.6) is 5.88 Å². The van der Waals surface area contributed by atoms with E-state index in [9.17, 15) is 0 Å². The van der Waals surface area contributed by atoms with Gasteiger partial charge in [0.1, 0.15) is 11.6 Å². The fourth-order valence-electron chi connectivity index (χ4n) is 1.83. The van der Waals surface area contributed by atoms with Gasteiger partial charge in [-0.1, -0.05) is 30.3 Å². The summed E-state index contributed by atoms with van der Waals surface area (Å²) in [5.41, 5.74) is 2.20. The molecule has 1 atom stereocenters. The topological polar surface area (TPSA) is 63.7 Å². The molecule has 96 valence electrons. The lowest BCUT2D eigenvalue weighted by Gasteiger charge is -2.14. The molecule has 1 N–H and O–H groups in total. The fraction of sp³-hybridized carbons (Fsp3) is 0.154. The normalized spacial score (nSPS) is 12.5. The highest BCUT2D eigenvalue weighted by molar-refractivity contribution is 6.28. The maximum atomic E-state index is 5.85. The van der Waals surface area contributed by atoms with Gasteiger partial charge in [-0.05, 0) is 24.1 Å². The summed E-state index contributed by atoms with van der Waals surface area (Å²) in [6.45, 7) is 1.95. The Kier molecular flexibility index (Phi) is 3.05. The summed E-state index contributed by atoms with van der Waals surface area (Å²) in [5.74, 6) is 0.406. The van der Waals surface area contributed by atoms with Gasteiger partial charge in [0.25, 0.3) is 0 Å². The molecule has 1 unspecified atom stereocenters. The van der Waals surface area contributed by atoms with Crippen molar-refractivity contribution in [3.63, 3.8) is 0 Å². The van der Waals surface area contributed by atoms with E-state index in [2.05, 4.69) is 19.9 Å². The predicted octanol–water partition coefficient (Wildman–Crippen LogP) is 3.15. The van der Waals surface area contributed by atoms with Crippen LogP contribution < -0.4 is 4.74 Å². The summed E-state index contributed by atoms with van der Waals surface area (Å²) in [5, 5.41) is 0.120. The van der Waals surface area contributed by atoms with Crippen LogP contribution in [0, 0.1) is 0 Å². The third-order valence-electron chi connectivity index (χ3n) is 2.78. The quantitative estimate of drug-likeness (QED) is 0.745. The lowest BCUT2D eigenvalue weighted by molar-refractivity contribution is 0.220. The van der Waals surface area contributed by atoms with Crippen LogP contribution in [0.4, 0.5) is 0 Å². The van der Waals surface area contributed by atoms with E-state index >= 15 is 0 Å². The highest BCUT2D eigenvalue weighted by Crippen LogP contribution is 2.26. The number of rotatable bonds is 3. The van der Waals surface area contributed by atoms with E-state index < -0.39 is 0 Å². The van der Waals surface area contributed by atoms with Crippen LogP contribution in [-0.2, 0) is 0 Å². The Labute approximate surface area is 114 Å². The summed E-state index contributed by atoms with van der Waals surface area (Å²) >= 11 is 5.85. The van der Waals surface area contributed by atoms with Gasteiger partial charge in [-0.15, -0.1) is 0 Å². The molecule has 0 fully saturated rings. The number of nitrogens with one attached hydrogen (secondary N) is 1. The molecule has 1 aromatic carbocycles. The van der Waals surface area contributed by atoms with E-state index in [0.29, 0.717) is 17.0 Å². The third-order valence-corrected chi connectivity index (χ3v) is 2.95. The van der Waals surface area contributed by atoms with E-state index in [0.717, 1.165) is 5.56 Å². The zero-order chi connectivity index (χ0) is 13.2. The van der Waals surface area contributed by atoms with E-state index in [1.165, 1.54) is 6.33 Å². The first kappa shape index (κ1) is 11.9. The number of hydrogen-bond acceptors (Lipinski definition) is 4. The molecule has 6 heteroatoms. The molecule has 0 bridgehead atoms. The highest BCUT2D eigenvalue weighted by Gasteiger charge is 2.14. The molecule has 19 heavy (non-hydrogen) atoms. The molecule has 0 radical (unpaired) electrons. The molecule has 0 spiro atoms. The number of aromatic nitrogens is 4. The van der Waals surface area contributed by atoms with Gasteiger partial charge in [-0.2, -0.15) is 9.97 Å². The van der Waals surface area contributed by atoms with E-state index in [1.807, 2.05) is 37.3 Å². The molecule has 3 aromatic rings. The summed E-state index contributed by atoms with van der Waals surface area (Å²) in [6, 6.07) is 9.89. The number of fused-ring (bicyclic) bond motifs is 1. The van der Waals surface area contributed by atoms with E-state index in [-0.39, 0.29) is 11.4 Å². The number of nitrogens with zero attached hydrogens (tertiary/aromatic N) is 3. The fourth-order valence-corrected chi connectivity index (χ4v) is 1.98. The smallest absolute Gasteiger partial charge is 0.245 e. The minimum absolute atomic E-state index is 0.120. The number of hydrogen-bond donors (Lipinski definition) is 1. The summed E-state index contributed by atoms with van der Waals surface area (Å²) < 4.78 is 5.85. The van der Waals surface area contributed by atoms with Gasteiger partial charge in [0.15, 0.2) is 5.65 Å². The Morgan fingerprint density at radius 3 is 2.79 bits per heavy atom. The predicted molar refractivity (Wildman–Crippen MR) is 72.2 cm³/mol. The number of ether oxygens (including phenoxy) is 1. The van der Waals surface area contributed by atoms with Crippen LogP contribution in [0.15, 0.2) is 36.7 Å². The molecule has 0 amide bonds. The average Bonchev–Trinajstić information content (AvgIpc) is 2.88. The molecule has 2 aromatic heterocycles. The zero-order valence-corrected chi connectivity index (χ0v) is 10.9. The van der Waals surface area contributed by atoms with Crippen LogP contribution in [0.2, 0.25) is 5.28 Å². The first-order valence-electron chi connectivity index (χ1n) is 5.82. The molecular weight excluding hydrogens is 264 g/mol. The molecule has 0 aliphatic rings. The molecule has 0 aliphatic carbocycles. The van der Waals surface area contributed by atoms with Crippen molar-refractivity contribution in [3.8, 4) is 5.88 Å². The SMILES string of the molecule is CC(Oc1nc(Cl)nc2nc[nH]c12)c1ccccc1. The third kappa shape index (κ3) is 2.37. The zero-order valence-electron chi connectivity index (χ0n) is 10.2. The Bertz CT molecular complexity index is 698. The number of aromatic amines is 1. The lowest BCUT2D eigenvalue weighted by Crippen LogP contribution is -2.05. The van der Waals surface area contributed by atoms with Gasteiger partial charge in [-0.3, -0.25) is 0 Å². The number of halogens is 1. The Morgan fingerprint density at radius 2 is 2.00 bits per heavy atom. The van der Waals surface area contributed by atoms with Crippen molar-refractivity contribution in [2.75, 3.05) is 0 Å². The largest absolute Gasteiger partial charge is 0.468 e. The molecular formula is C13H11ClN4O. The van der Waals surface area contributed by atoms with Gasteiger partial charge < -0.3 is 9.72 Å². The first-order valence-corrected chi connectivity index (χ1v) is 6.20. The second-order valence-corrected chi connectivity index (χ2v) is 4.41. The van der Waals surface area contributed by atoms with Crippen LogP contribution in [0.1, 0.15) is 18.6 Å². The summed E-state index contributed by atoms with van der Waals surface area (Å²) in [7, 11) is 0. The Morgan fingerprint density at radius 1 is 1.21 bits per heavy atom. The van der Waals surface area contributed by atoms with Gasteiger partial charge in [0.2, 0.25) is 11.2 Å². The van der Waals surface area contributed by atoms with Crippen molar-refractivity contribution in [3.05, 3.63) is 47.5 Å². The number of benzene rings is 1. The monoisotopic (exact) mass is 274 g/mol. The van der Waals surface area contributed by atoms with Crippen LogP contribution in [0.3, 0.4) is 0 Å². The minimum Gasteiger partial charge on any atom is -0.468 e. The second-order valence-electron chi connectivity index (χ2n) is 4.07. The van der Waals surface area contributed by atoms with Crippen molar-refractivity contribution in [2.45, 2.75) is 13.0 Å². The average molecular weight is 275 g/mol. The Hall–Kier alpha value is -2.14. The van der Waals surface area contributed by atoms with Crippen LogP contribution in [0.25, 0.3) is 11.2 Å². The highest BCUT2D eigenvalue weighted by atomic mass is 35.5. The molecule has 5 nitrogen and oxygen atoms in total. The molecule has 0 saturated heterocycles. The summed E-state index contributed by atoms with van der Waals surface area (Å²) in [4.78, 5) is 15.1. The van der Waals surface area contributed by atoms with Gasteiger partial charge in [0.05, 0.1) is 6.33 Å². The maximum absolute atomic E-state index is 5.85. The van der Waals surface area contributed by atoms with Crippen LogP contribution >= 0.6 is 11.6 Å². The van der Waals surface area contributed by atoms with E-state index in [4.69, 9.17) is 16.3 Å². The van der Waals surface area contributed by atoms with Crippen molar-refractivity contribution in [2.24, 2.45) is 0 Å². The van der Waals surface area contributed by atoms with Gasteiger partial charge >= 0.3 is 0 Å². The number of imidazole rings is 1. The van der Waals surface area contributed by atoms with Gasteiger partial charge in [-0.25, -0.2) is 4.98 Å².